The number of carbonyl (C=O) groups excluding carboxylic acids is 1. The van der Waals surface area contributed by atoms with Crippen LogP contribution in [0.3, 0.4) is 0 Å². The molecular formula is C27H38N2O4S. The van der Waals surface area contributed by atoms with E-state index in [1.807, 2.05) is 56.3 Å². The molecule has 3 rings (SSSR count). The molecule has 1 aliphatic heterocycles. The van der Waals surface area contributed by atoms with Gasteiger partial charge in [0.2, 0.25) is 15.9 Å². The Labute approximate surface area is 204 Å². The monoisotopic (exact) mass is 486 g/mol. The van der Waals surface area contributed by atoms with Gasteiger partial charge in [0.1, 0.15) is 5.75 Å². The molecule has 186 valence electrons. The maximum absolute atomic E-state index is 12.8. The van der Waals surface area contributed by atoms with Crippen molar-refractivity contribution in [1.82, 2.24) is 9.62 Å². The van der Waals surface area contributed by atoms with Gasteiger partial charge in [-0.15, -0.1) is 0 Å². The summed E-state index contributed by atoms with van der Waals surface area (Å²) in [7, 11) is -3.35. The maximum Gasteiger partial charge on any atom is 0.224 e. The highest BCUT2D eigenvalue weighted by Crippen LogP contribution is 2.21. The molecule has 0 spiro atoms. The average Bonchev–Trinajstić information content (AvgIpc) is 2.83. The number of carbonyl (C=O) groups is 1. The molecule has 6 nitrogen and oxygen atoms in total. The summed E-state index contributed by atoms with van der Waals surface area (Å²) in [5.74, 6) is 0.677. The minimum Gasteiger partial charge on any atom is -0.491 e. The highest BCUT2D eigenvalue weighted by molar-refractivity contribution is 7.89. The van der Waals surface area contributed by atoms with Gasteiger partial charge in [0.25, 0.3) is 0 Å². The average molecular weight is 487 g/mol. The molecule has 1 aliphatic rings. The number of ether oxygens (including phenoxy) is 1. The number of nitrogens with one attached hydrogen (secondary N) is 1. The second-order valence-corrected chi connectivity index (χ2v) is 11.4. The van der Waals surface area contributed by atoms with Crippen LogP contribution in [0, 0.1) is 5.92 Å². The van der Waals surface area contributed by atoms with E-state index in [0.29, 0.717) is 19.5 Å². The summed E-state index contributed by atoms with van der Waals surface area (Å²) < 4.78 is 32.8. The van der Waals surface area contributed by atoms with E-state index in [1.165, 1.54) is 9.87 Å². The SMILES string of the molecule is CC(C)Oc1ccc(CCCNC(=O)[C@H]2CCCN(S(=O)(=O)CCCc3ccccc3)C2)cc1. The van der Waals surface area contributed by atoms with Crippen LogP contribution >= 0.6 is 0 Å². The van der Waals surface area contributed by atoms with Gasteiger partial charge in [-0.05, 0) is 75.6 Å². The summed E-state index contributed by atoms with van der Waals surface area (Å²) in [6, 6.07) is 18.0. The lowest BCUT2D eigenvalue weighted by atomic mass is 9.99. The number of hydrogen-bond acceptors (Lipinski definition) is 4. The van der Waals surface area contributed by atoms with Gasteiger partial charge in [0, 0.05) is 19.6 Å². The summed E-state index contributed by atoms with van der Waals surface area (Å²) in [6.45, 7) is 5.39. The molecule has 1 saturated heterocycles. The molecule has 0 bridgehead atoms. The summed E-state index contributed by atoms with van der Waals surface area (Å²) in [4.78, 5) is 12.7. The van der Waals surface area contributed by atoms with Crippen LogP contribution in [-0.2, 0) is 27.7 Å². The molecule has 2 aromatic rings. The maximum atomic E-state index is 12.8. The largest absolute Gasteiger partial charge is 0.491 e. The van der Waals surface area contributed by atoms with Crippen molar-refractivity contribution < 1.29 is 17.9 Å². The molecule has 0 saturated carbocycles. The second-order valence-electron chi connectivity index (χ2n) is 9.31. The lowest BCUT2D eigenvalue weighted by molar-refractivity contribution is -0.126. The fourth-order valence-corrected chi connectivity index (χ4v) is 5.88. The zero-order valence-corrected chi connectivity index (χ0v) is 21.2. The third-order valence-corrected chi connectivity index (χ3v) is 8.02. The molecule has 0 unspecified atom stereocenters. The minimum absolute atomic E-state index is 0.0372. The van der Waals surface area contributed by atoms with E-state index in [9.17, 15) is 13.2 Å². The van der Waals surface area contributed by atoms with Crippen molar-refractivity contribution in [3.05, 3.63) is 65.7 Å². The number of benzene rings is 2. The van der Waals surface area contributed by atoms with Crippen LogP contribution in [0.4, 0.5) is 0 Å². The van der Waals surface area contributed by atoms with E-state index in [4.69, 9.17) is 4.74 Å². The number of amides is 1. The Bertz CT molecular complexity index is 991. The van der Waals surface area contributed by atoms with Gasteiger partial charge in [-0.2, -0.15) is 0 Å². The first-order chi connectivity index (χ1) is 16.3. The highest BCUT2D eigenvalue weighted by atomic mass is 32.2. The molecular weight excluding hydrogens is 448 g/mol. The van der Waals surface area contributed by atoms with E-state index in [-0.39, 0.29) is 30.2 Å². The predicted octanol–water partition coefficient (Wildman–Crippen LogP) is 4.20. The number of aryl methyl sites for hydroxylation is 2. The fraction of sp³-hybridized carbons (Fsp3) is 0.519. The Hall–Kier alpha value is -2.38. The van der Waals surface area contributed by atoms with E-state index >= 15 is 0 Å². The summed E-state index contributed by atoms with van der Waals surface area (Å²) >= 11 is 0. The Morgan fingerprint density at radius 1 is 1.03 bits per heavy atom. The van der Waals surface area contributed by atoms with E-state index in [1.54, 1.807) is 0 Å². The van der Waals surface area contributed by atoms with Crippen LogP contribution in [0.15, 0.2) is 54.6 Å². The van der Waals surface area contributed by atoms with Crippen molar-refractivity contribution in [2.24, 2.45) is 5.92 Å². The van der Waals surface area contributed by atoms with Crippen molar-refractivity contribution in [3.63, 3.8) is 0 Å². The standard InChI is InChI=1S/C27H38N2O4S/c1-22(2)33-26-16-14-24(15-17-26)11-6-18-28-27(30)25-13-7-19-29(21-25)34(31,32)20-8-12-23-9-4-3-5-10-23/h3-5,9-10,14-17,22,25H,6-8,11-13,18-21H2,1-2H3,(H,28,30)/t25-/m0/s1. The number of rotatable bonds is 12. The second kappa shape index (κ2) is 12.9. The summed E-state index contributed by atoms with van der Waals surface area (Å²) in [5, 5.41) is 3.01. The zero-order chi connectivity index (χ0) is 24.4. The number of piperidine rings is 1. The quantitative estimate of drug-likeness (QED) is 0.456. The molecule has 0 aliphatic carbocycles. The van der Waals surface area contributed by atoms with E-state index in [0.717, 1.165) is 43.4 Å². The van der Waals surface area contributed by atoms with Crippen molar-refractivity contribution in [2.45, 2.75) is 58.5 Å². The van der Waals surface area contributed by atoms with Crippen LogP contribution in [0.1, 0.15) is 50.7 Å². The minimum atomic E-state index is -3.35. The van der Waals surface area contributed by atoms with Gasteiger partial charge in [-0.25, -0.2) is 12.7 Å². The fourth-order valence-electron chi connectivity index (χ4n) is 4.30. The van der Waals surface area contributed by atoms with Crippen molar-refractivity contribution in [2.75, 3.05) is 25.4 Å². The number of hydrogen-bond donors (Lipinski definition) is 1. The Morgan fingerprint density at radius 3 is 2.41 bits per heavy atom. The van der Waals surface area contributed by atoms with E-state index < -0.39 is 10.0 Å². The molecule has 2 aromatic carbocycles. The molecule has 1 atom stereocenters. The molecule has 1 amide bonds. The topological polar surface area (TPSA) is 75.7 Å². The lowest BCUT2D eigenvalue weighted by Crippen LogP contribution is -2.46. The van der Waals surface area contributed by atoms with Crippen LogP contribution in [0.25, 0.3) is 0 Å². The molecule has 1 N–H and O–H groups in total. The van der Waals surface area contributed by atoms with Gasteiger partial charge >= 0.3 is 0 Å². The number of nitrogens with zero attached hydrogens (tertiary/aromatic N) is 1. The first-order valence-electron chi connectivity index (χ1n) is 12.4. The first-order valence-corrected chi connectivity index (χ1v) is 14.0. The van der Waals surface area contributed by atoms with Gasteiger partial charge < -0.3 is 10.1 Å². The van der Waals surface area contributed by atoms with Crippen molar-refractivity contribution >= 4 is 15.9 Å². The molecule has 0 radical (unpaired) electrons. The Morgan fingerprint density at radius 2 is 1.71 bits per heavy atom. The lowest BCUT2D eigenvalue weighted by Gasteiger charge is -2.31. The van der Waals surface area contributed by atoms with Crippen LogP contribution in [0.5, 0.6) is 5.75 Å². The molecule has 1 heterocycles. The molecule has 7 heteroatoms. The predicted molar refractivity (Wildman–Crippen MR) is 136 cm³/mol. The number of sulfonamides is 1. The van der Waals surface area contributed by atoms with Gasteiger partial charge in [-0.1, -0.05) is 42.5 Å². The highest BCUT2D eigenvalue weighted by Gasteiger charge is 2.31. The zero-order valence-electron chi connectivity index (χ0n) is 20.4. The van der Waals surface area contributed by atoms with E-state index in [2.05, 4.69) is 17.4 Å². The third kappa shape index (κ3) is 8.44. The third-order valence-electron chi connectivity index (χ3n) is 6.10. The molecule has 1 fully saturated rings. The first kappa shape index (κ1) is 26.2. The smallest absolute Gasteiger partial charge is 0.224 e. The van der Waals surface area contributed by atoms with Crippen molar-refractivity contribution in [1.29, 1.82) is 0 Å². The summed E-state index contributed by atoms with van der Waals surface area (Å²) in [5.41, 5.74) is 2.35. The van der Waals surface area contributed by atoms with Crippen LogP contribution < -0.4 is 10.1 Å². The molecule has 34 heavy (non-hydrogen) atoms. The van der Waals surface area contributed by atoms with Gasteiger partial charge in [-0.3, -0.25) is 4.79 Å². The van der Waals surface area contributed by atoms with Crippen LogP contribution in [0.2, 0.25) is 0 Å². The Balaban J connectivity index is 1.38. The Kier molecular flexibility index (Phi) is 9.96. The molecule has 0 aromatic heterocycles. The van der Waals surface area contributed by atoms with Crippen molar-refractivity contribution in [3.8, 4) is 5.75 Å². The normalized spacial score (nSPS) is 17.0. The van der Waals surface area contributed by atoms with Gasteiger partial charge in [0.05, 0.1) is 17.8 Å². The van der Waals surface area contributed by atoms with Crippen LogP contribution in [-0.4, -0.2) is 50.1 Å². The summed E-state index contributed by atoms with van der Waals surface area (Å²) in [6.07, 6.45) is 4.65. The van der Waals surface area contributed by atoms with Gasteiger partial charge in [0.15, 0.2) is 0 Å².